The van der Waals surface area contributed by atoms with Crippen molar-refractivity contribution in [1.82, 2.24) is 9.80 Å². The number of amides is 2. The highest BCUT2D eigenvalue weighted by Gasteiger charge is 2.27. The molecular weight excluding hydrogens is 290 g/mol. The Kier molecular flexibility index (Phi) is 6.13. The van der Waals surface area contributed by atoms with E-state index in [1.807, 2.05) is 41.0 Å². The van der Waals surface area contributed by atoms with Crippen LogP contribution in [-0.4, -0.2) is 54.7 Å². The summed E-state index contributed by atoms with van der Waals surface area (Å²) in [4.78, 5) is 16.4. The van der Waals surface area contributed by atoms with E-state index in [0.29, 0.717) is 6.04 Å². The molecule has 5 nitrogen and oxygen atoms in total. The lowest BCUT2D eigenvalue weighted by atomic mass is 10.0. The standard InChI is InChI=1S/C18H29N3O2/c1-5-21(14(2)3)18(22)20-12-10-15(11-13-20)19-16-8-6-7-9-17(16)23-4/h6-9,14-15,19H,5,10-13H2,1-4H3. The van der Waals surface area contributed by atoms with Crippen LogP contribution in [0.5, 0.6) is 5.75 Å². The number of benzene rings is 1. The van der Waals surface area contributed by atoms with E-state index in [0.717, 1.165) is 43.9 Å². The molecule has 0 radical (unpaired) electrons. The van der Waals surface area contributed by atoms with Gasteiger partial charge in [-0.15, -0.1) is 0 Å². The molecule has 0 bridgehead atoms. The van der Waals surface area contributed by atoms with Gasteiger partial charge in [-0.05, 0) is 45.7 Å². The summed E-state index contributed by atoms with van der Waals surface area (Å²) in [6.07, 6.45) is 1.92. The first kappa shape index (κ1) is 17.4. The van der Waals surface area contributed by atoms with E-state index in [4.69, 9.17) is 4.74 Å². The Morgan fingerprint density at radius 2 is 2.00 bits per heavy atom. The maximum Gasteiger partial charge on any atom is 0.320 e. The minimum absolute atomic E-state index is 0.165. The quantitative estimate of drug-likeness (QED) is 0.904. The van der Waals surface area contributed by atoms with Gasteiger partial charge >= 0.3 is 6.03 Å². The zero-order valence-corrected chi connectivity index (χ0v) is 14.7. The van der Waals surface area contributed by atoms with Crippen LogP contribution in [0.4, 0.5) is 10.5 Å². The smallest absolute Gasteiger partial charge is 0.320 e. The summed E-state index contributed by atoms with van der Waals surface area (Å²) in [5, 5.41) is 3.55. The van der Waals surface area contributed by atoms with Crippen molar-refractivity contribution in [3.63, 3.8) is 0 Å². The van der Waals surface area contributed by atoms with E-state index in [2.05, 4.69) is 19.2 Å². The number of anilines is 1. The Labute approximate surface area is 139 Å². The molecule has 2 rings (SSSR count). The topological polar surface area (TPSA) is 44.8 Å². The SMILES string of the molecule is CCN(C(=O)N1CCC(Nc2ccccc2OC)CC1)C(C)C. The summed E-state index contributed by atoms with van der Waals surface area (Å²) in [6.45, 7) is 8.53. The predicted octanol–water partition coefficient (Wildman–Crippen LogP) is 3.42. The van der Waals surface area contributed by atoms with Crippen molar-refractivity contribution in [2.75, 3.05) is 32.1 Å². The van der Waals surface area contributed by atoms with E-state index in [9.17, 15) is 4.79 Å². The number of carbonyl (C=O) groups is 1. The second kappa shape index (κ2) is 8.09. The molecule has 0 atom stereocenters. The van der Waals surface area contributed by atoms with Crippen molar-refractivity contribution in [1.29, 1.82) is 0 Å². The van der Waals surface area contributed by atoms with Gasteiger partial charge in [0, 0.05) is 31.7 Å². The molecule has 2 amide bonds. The summed E-state index contributed by atoms with van der Waals surface area (Å²) in [5.74, 6) is 0.864. The van der Waals surface area contributed by atoms with Crippen molar-refractivity contribution in [2.24, 2.45) is 0 Å². The van der Waals surface area contributed by atoms with Crippen LogP contribution >= 0.6 is 0 Å². The minimum atomic E-state index is 0.165. The molecule has 0 unspecified atom stereocenters. The molecule has 1 heterocycles. The van der Waals surface area contributed by atoms with Crippen molar-refractivity contribution >= 4 is 11.7 Å². The number of nitrogens with zero attached hydrogens (tertiary/aromatic N) is 2. The van der Waals surface area contributed by atoms with E-state index >= 15 is 0 Å². The molecule has 23 heavy (non-hydrogen) atoms. The van der Waals surface area contributed by atoms with E-state index in [1.165, 1.54) is 0 Å². The number of nitrogens with one attached hydrogen (secondary N) is 1. The van der Waals surface area contributed by atoms with Crippen molar-refractivity contribution in [3.05, 3.63) is 24.3 Å². The molecule has 1 aromatic rings. The normalized spacial score (nSPS) is 15.6. The molecule has 128 valence electrons. The third-order valence-electron chi connectivity index (χ3n) is 4.44. The van der Waals surface area contributed by atoms with Gasteiger partial charge in [-0.2, -0.15) is 0 Å². The fourth-order valence-corrected chi connectivity index (χ4v) is 3.10. The van der Waals surface area contributed by atoms with Gasteiger partial charge in [0.05, 0.1) is 12.8 Å². The van der Waals surface area contributed by atoms with Gasteiger partial charge in [-0.25, -0.2) is 4.79 Å². The first-order valence-electron chi connectivity index (χ1n) is 8.51. The first-order chi connectivity index (χ1) is 11.1. The lowest BCUT2D eigenvalue weighted by Gasteiger charge is -2.37. The van der Waals surface area contributed by atoms with Crippen molar-refractivity contribution in [3.8, 4) is 5.75 Å². The highest BCUT2D eigenvalue weighted by Crippen LogP contribution is 2.26. The number of methoxy groups -OCH3 is 1. The van der Waals surface area contributed by atoms with Crippen LogP contribution in [0.1, 0.15) is 33.6 Å². The number of carbonyl (C=O) groups excluding carboxylic acids is 1. The summed E-state index contributed by atoms with van der Waals surface area (Å²) >= 11 is 0. The van der Waals surface area contributed by atoms with Gasteiger partial charge in [-0.1, -0.05) is 12.1 Å². The Hall–Kier alpha value is -1.91. The number of hydrogen-bond donors (Lipinski definition) is 1. The summed E-state index contributed by atoms with van der Waals surface area (Å²) in [6, 6.07) is 8.76. The lowest BCUT2D eigenvalue weighted by Crippen LogP contribution is -2.50. The second-order valence-electron chi connectivity index (χ2n) is 6.27. The monoisotopic (exact) mass is 319 g/mol. The third kappa shape index (κ3) is 4.30. The van der Waals surface area contributed by atoms with Gasteiger partial charge < -0.3 is 19.9 Å². The van der Waals surface area contributed by atoms with Crippen molar-refractivity contribution in [2.45, 2.75) is 45.7 Å². The highest BCUT2D eigenvalue weighted by atomic mass is 16.5. The molecule has 0 aliphatic carbocycles. The molecule has 1 N–H and O–H groups in total. The zero-order chi connectivity index (χ0) is 16.8. The molecule has 1 fully saturated rings. The number of para-hydroxylation sites is 2. The molecule has 1 aromatic carbocycles. The number of rotatable bonds is 5. The van der Waals surface area contributed by atoms with Gasteiger partial charge in [-0.3, -0.25) is 0 Å². The fraction of sp³-hybridized carbons (Fsp3) is 0.611. The second-order valence-corrected chi connectivity index (χ2v) is 6.27. The zero-order valence-electron chi connectivity index (χ0n) is 14.7. The number of likely N-dealkylation sites (tertiary alicyclic amines) is 1. The molecule has 1 saturated heterocycles. The number of piperidine rings is 1. The van der Waals surface area contributed by atoms with Crippen LogP contribution in [0.25, 0.3) is 0 Å². The molecule has 5 heteroatoms. The number of hydrogen-bond acceptors (Lipinski definition) is 3. The molecule has 0 saturated carbocycles. The Morgan fingerprint density at radius 1 is 1.35 bits per heavy atom. The Balaban J connectivity index is 1.90. The highest BCUT2D eigenvalue weighted by molar-refractivity contribution is 5.75. The van der Waals surface area contributed by atoms with Crippen LogP contribution in [0, 0.1) is 0 Å². The molecule has 0 aromatic heterocycles. The summed E-state index contributed by atoms with van der Waals surface area (Å²) in [5.41, 5.74) is 1.03. The van der Waals surface area contributed by atoms with Crippen molar-refractivity contribution < 1.29 is 9.53 Å². The van der Waals surface area contributed by atoms with Gasteiger partial charge in [0.25, 0.3) is 0 Å². The molecule has 1 aliphatic heterocycles. The number of ether oxygens (including phenoxy) is 1. The van der Waals surface area contributed by atoms with Gasteiger partial charge in [0.2, 0.25) is 0 Å². The van der Waals surface area contributed by atoms with Crippen LogP contribution in [0.2, 0.25) is 0 Å². The van der Waals surface area contributed by atoms with E-state index in [1.54, 1.807) is 7.11 Å². The molecule has 0 spiro atoms. The van der Waals surface area contributed by atoms with Gasteiger partial charge in [0.15, 0.2) is 0 Å². The lowest BCUT2D eigenvalue weighted by molar-refractivity contribution is 0.132. The molecule has 1 aliphatic rings. The van der Waals surface area contributed by atoms with E-state index in [-0.39, 0.29) is 12.1 Å². The van der Waals surface area contributed by atoms with Crippen LogP contribution in [0.15, 0.2) is 24.3 Å². The minimum Gasteiger partial charge on any atom is -0.495 e. The summed E-state index contributed by atoms with van der Waals surface area (Å²) in [7, 11) is 1.69. The van der Waals surface area contributed by atoms with Crippen LogP contribution in [-0.2, 0) is 0 Å². The first-order valence-corrected chi connectivity index (χ1v) is 8.51. The summed E-state index contributed by atoms with van der Waals surface area (Å²) < 4.78 is 5.38. The average molecular weight is 319 g/mol. The number of urea groups is 1. The average Bonchev–Trinajstić information content (AvgIpc) is 2.56. The van der Waals surface area contributed by atoms with Crippen LogP contribution < -0.4 is 10.1 Å². The largest absolute Gasteiger partial charge is 0.495 e. The Morgan fingerprint density at radius 3 is 2.57 bits per heavy atom. The predicted molar refractivity (Wildman–Crippen MR) is 94.1 cm³/mol. The van der Waals surface area contributed by atoms with Crippen LogP contribution in [0.3, 0.4) is 0 Å². The maximum absolute atomic E-state index is 12.5. The molecular formula is C18H29N3O2. The van der Waals surface area contributed by atoms with Gasteiger partial charge in [0.1, 0.15) is 5.75 Å². The maximum atomic E-state index is 12.5. The Bertz CT molecular complexity index is 511. The third-order valence-corrected chi connectivity index (χ3v) is 4.44. The fourth-order valence-electron chi connectivity index (χ4n) is 3.10. The van der Waals surface area contributed by atoms with E-state index < -0.39 is 0 Å².